The van der Waals surface area contributed by atoms with Crippen LogP contribution < -0.4 is 9.47 Å². The molecule has 0 aliphatic carbocycles. The number of hydrogen-bond acceptors (Lipinski definition) is 12. The number of aromatic nitrogens is 2. The molecule has 2 radical (unpaired) electrons. The van der Waals surface area contributed by atoms with Gasteiger partial charge in [0.2, 0.25) is 0 Å². The number of ether oxygens (including phenoxy) is 6. The Hall–Kier alpha value is -4.04. The van der Waals surface area contributed by atoms with Crippen LogP contribution in [0.1, 0.15) is 55.9 Å². The Morgan fingerprint density at radius 1 is 1.13 bits per heavy atom. The van der Waals surface area contributed by atoms with Gasteiger partial charge in [-0.15, -0.1) is 0 Å². The zero-order chi connectivity index (χ0) is 34.0. The molecule has 4 rings (SSSR count). The van der Waals surface area contributed by atoms with E-state index in [1.165, 1.54) is 28.0 Å². The van der Waals surface area contributed by atoms with Crippen molar-refractivity contribution in [2.24, 2.45) is 5.92 Å². The lowest BCUT2D eigenvalue weighted by atomic mass is 9.94. The van der Waals surface area contributed by atoms with Gasteiger partial charge < -0.3 is 47.3 Å². The Morgan fingerprint density at radius 3 is 2.68 bits per heavy atom. The lowest BCUT2D eigenvalue weighted by Crippen LogP contribution is -2.34. The van der Waals surface area contributed by atoms with Gasteiger partial charge in [-0.1, -0.05) is 25.2 Å². The summed E-state index contributed by atoms with van der Waals surface area (Å²) in [5, 5.41) is 0. The van der Waals surface area contributed by atoms with Crippen molar-refractivity contribution < 1.29 is 47.6 Å². The zero-order valence-electron chi connectivity index (χ0n) is 27.2. The second-order valence-corrected chi connectivity index (χ2v) is 11.5. The van der Waals surface area contributed by atoms with Gasteiger partial charge in [0.25, 0.3) is 7.41 Å². The molecule has 0 saturated carbocycles. The van der Waals surface area contributed by atoms with E-state index in [9.17, 15) is 19.2 Å². The summed E-state index contributed by atoms with van der Waals surface area (Å²) in [4.78, 5) is 54.9. The van der Waals surface area contributed by atoms with Crippen LogP contribution in [-0.4, -0.2) is 104 Å². The van der Waals surface area contributed by atoms with Crippen molar-refractivity contribution in [3.8, 4) is 11.5 Å². The molecular formula is C32H39B2N3O10. The average Bonchev–Trinajstić information content (AvgIpc) is 3.60. The number of fused-ring (bicyclic) bond motifs is 2. The first kappa shape index (κ1) is 35.8. The minimum atomic E-state index is -0.945. The molecule has 1 fully saturated rings. The molecule has 1 saturated heterocycles. The maximum absolute atomic E-state index is 13.6. The first-order valence-corrected chi connectivity index (χ1v) is 15.3. The standard InChI is InChI=1S/C32H39B2N3O10/c1-21-9-10-25(40)30-26(46-32(3,4)47-30)8-6-7-23-15-24(16-27(44-20-42-5)29(23)31(41)45-22(21)2)43-14-13-36(33-18-38)17-28-35-11-12-37(28)34-19-39/h6-7,9-12,15-16,18-19,21-22,26,30H,8,13-14,17,20H2,1-5H3/b7-6+,10-9-/t21-,22+,26?,30?/m1/s1. The summed E-state index contributed by atoms with van der Waals surface area (Å²) in [7, 11) is 4.16. The van der Waals surface area contributed by atoms with Crippen molar-refractivity contribution in [3.05, 3.63) is 59.7 Å². The highest BCUT2D eigenvalue weighted by molar-refractivity contribution is 6.65. The number of benzene rings is 1. The van der Waals surface area contributed by atoms with Gasteiger partial charge in [-0.3, -0.25) is 4.79 Å². The summed E-state index contributed by atoms with van der Waals surface area (Å²) in [6.07, 6.45) is 9.59. The molecule has 0 bridgehead atoms. The van der Waals surface area contributed by atoms with Gasteiger partial charge in [0, 0.05) is 44.6 Å². The van der Waals surface area contributed by atoms with Crippen LogP contribution in [0.3, 0.4) is 0 Å². The largest absolute Gasteiger partial charge is 0.492 e. The summed E-state index contributed by atoms with van der Waals surface area (Å²) in [6, 6.07) is 3.26. The predicted octanol–water partition coefficient (Wildman–Crippen LogP) is 2.46. The van der Waals surface area contributed by atoms with E-state index in [0.29, 0.717) is 42.5 Å². The fourth-order valence-corrected chi connectivity index (χ4v) is 5.11. The highest BCUT2D eigenvalue weighted by Gasteiger charge is 2.43. The van der Waals surface area contributed by atoms with E-state index >= 15 is 0 Å². The summed E-state index contributed by atoms with van der Waals surface area (Å²) in [6.45, 7) is 7.67. The van der Waals surface area contributed by atoms with Crippen LogP contribution in [0.5, 0.6) is 11.5 Å². The second kappa shape index (κ2) is 16.7. The van der Waals surface area contributed by atoms with Crippen LogP contribution in [0.4, 0.5) is 0 Å². The van der Waals surface area contributed by atoms with Crippen molar-refractivity contribution >= 4 is 45.0 Å². The van der Waals surface area contributed by atoms with Crippen molar-refractivity contribution in [1.29, 1.82) is 0 Å². The van der Waals surface area contributed by atoms with Gasteiger partial charge in [-0.25, -0.2) is 9.78 Å². The fraction of sp³-hybridized carbons (Fsp3) is 0.469. The summed E-state index contributed by atoms with van der Waals surface area (Å²) in [5.41, 5.74) is 0.631. The van der Waals surface area contributed by atoms with Gasteiger partial charge in [0.1, 0.15) is 41.3 Å². The lowest BCUT2D eigenvalue weighted by Gasteiger charge is -2.22. The van der Waals surface area contributed by atoms with Crippen molar-refractivity contribution in [2.75, 3.05) is 27.1 Å². The SMILES string of the molecule is COCOc1cc(OCCN([B]C=O)Cc2nccn2[B]C=O)cc2c1C(=O)O[C@@H](C)[C@H](C)/C=C\C(=O)C1OC(C)(C)OC1C/C=C/2. The van der Waals surface area contributed by atoms with Crippen molar-refractivity contribution in [3.63, 3.8) is 0 Å². The molecule has 4 atom stereocenters. The van der Waals surface area contributed by atoms with Gasteiger partial charge in [-0.05, 0) is 44.9 Å². The number of nitrogens with zero attached hydrogens (tertiary/aromatic N) is 3. The summed E-state index contributed by atoms with van der Waals surface area (Å²) < 4.78 is 36.4. The van der Waals surface area contributed by atoms with E-state index in [0.717, 1.165) is 0 Å². The van der Waals surface area contributed by atoms with Gasteiger partial charge >= 0.3 is 13.4 Å². The van der Waals surface area contributed by atoms with E-state index in [1.807, 2.05) is 6.92 Å². The van der Waals surface area contributed by atoms with Crippen LogP contribution in [0.25, 0.3) is 6.08 Å². The molecule has 248 valence electrons. The van der Waals surface area contributed by atoms with Gasteiger partial charge in [0.15, 0.2) is 18.4 Å². The third-order valence-electron chi connectivity index (χ3n) is 7.60. The Bertz CT molecular complexity index is 1480. The minimum Gasteiger partial charge on any atom is -0.492 e. The lowest BCUT2D eigenvalue weighted by molar-refractivity contribution is -0.152. The Morgan fingerprint density at radius 2 is 1.94 bits per heavy atom. The van der Waals surface area contributed by atoms with E-state index in [1.54, 1.807) is 72.8 Å². The molecular weight excluding hydrogens is 608 g/mol. The average molecular weight is 647 g/mol. The Labute approximate surface area is 275 Å². The van der Waals surface area contributed by atoms with E-state index in [4.69, 9.17) is 28.4 Å². The maximum Gasteiger partial charge on any atom is 0.342 e. The normalized spacial score (nSPS) is 23.9. The third kappa shape index (κ3) is 9.74. The molecule has 47 heavy (non-hydrogen) atoms. The number of cyclic esters (lactones) is 1. The number of hydrogen-bond donors (Lipinski definition) is 0. The Balaban J connectivity index is 1.62. The van der Waals surface area contributed by atoms with Crippen LogP contribution in [0, 0.1) is 5.92 Å². The van der Waals surface area contributed by atoms with Crippen molar-refractivity contribution in [2.45, 2.75) is 64.8 Å². The number of rotatable bonds is 13. The van der Waals surface area contributed by atoms with E-state index in [2.05, 4.69) is 4.98 Å². The number of ketones is 1. The Kier molecular flexibility index (Phi) is 12.7. The first-order chi connectivity index (χ1) is 22.5. The highest BCUT2D eigenvalue weighted by atomic mass is 16.8. The zero-order valence-corrected chi connectivity index (χ0v) is 27.2. The molecule has 2 unspecified atom stereocenters. The topological polar surface area (TPSA) is 145 Å². The van der Waals surface area contributed by atoms with Crippen LogP contribution in [0.2, 0.25) is 0 Å². The predicted molar refractivity (Wildman–Crippen MR) is 173 cm³/mol. The van der Waals surface area contributed by atoms with E-state index < -0.39 is 30.1 Å². The summed E-state index contributed by atoms with van der Waals surface area (Å²) in [5.74, 6) is -0.946. The van der Waals surface area contributed by atoms with Crippen LogP contribution >= 0.6 is 0 Å². The van der Waals surface area contributed by atoms with Gasteiger partial charge in [-0.2, -0.15) is 0 Å². The molecule has 3 heterocycles. The maximum atomic E-state index is 13.6. The highest BCUT2D eigenvalue weighted by Crippen LogP contribution is 2.34. The molecule has 15 heteroatoms. The monoisotopic (exact) mass is 647 g/mol. The molecule has 13 nitrogen and oxygen atoms in total. The number of carbonyl (C=O) groups excluding carboxylic acids is 4. The van der Waals surface area contributed by atoms with Gasteiger partial charge in [0.05, 0.1) is 18.9 Å². The smallest absolute Gasteiger partial charge is 0.342 e. The van der Waals surface area contributed by atoms with Crippen molar-refractivity contribution in [1.82, 2.24) is 14.3 Å². The number of methoxy groups -OCH3 is 1. The quantitative estimate of drug-likeness (QED) is 0.136. The molecule has 0 N–H and O–H groups in total. The molecule has 0 spiro atoms. The first-order valence-electron chi connectivity index (χ1n) is 15.3. The molecule has 0 amide bonds. The number of carbonyl (C=O) groups is 4. The fourth-order valence-electron chi connectivity index (χ4n) is 5.11. The van der Waals surface area contributed by atoms with Crippen LogP contribution in [0.15, 0.2) is 42.8 Å². The number of esters is 1. The second-order valence-electron chi connectivity index (χ2n) is 11.5. The number of imidazole rings is 1. The third-order valence-corrected chi connectivity index (χ3v) is 7.60. The molecule has 1 aromatic carbocycles. The van der Waals surface area contributed by atoms with Crippen LogP contribution in [-0.2, 0) is 39.9 Å². The van der Waals surface area contributed by atoms with E-state index in [-0.39, 0.29) is 43.0 Å². The minimum absolute atomic E-state index is 0.139. The molecule has 2 aliphatic heterocycles. The molecule has 1 aromatic heterocycles. The molecule has 2 aromatic rings. The molecule has 2 aliphatic rings. The summed E-state index contributed by atoms with van der Waals surface area (Å²) >= 11 is 0.